The van der Waals surface area contributed by atoms with Crippen LogP contribution in [0.5, 0.6) is 0 Å². The van der Waals surface area contributed by atoms with E-state index in [1.54, 1.807) is 6.07 Å². The second kappa shape index (κ2) is 9.65. The summed E-state index contributed by atoms with van der Waals surface area (Å²) in [4.78, 5) is 2.38. The third kappa shape index (κ3) is 4.65. The van der Waals surface area contributed by atoms with Crippen molar-refractivity contribution in [3.8, 4) is 0 Å². The number of nitrogens with one attached hydrogen (secondary N) is 1. The Hall–Kier alpha value is 0.230. The fourth-order valence-electron chi connectivity index (χ4n) is 3.76. The number of hydrogen-bond donors (Lipinski definition) is 1. The van der Waals surface area contributed by atoms with Gasteiger partial charge in [-0.1, -0.05) is 36.0 Å². The highest BCUT2D eigenvalue weighted by atomic mass is 35.5. The van der Waals surface area contributed by atoms with Gasteiger partial charge in [0, 0.05) is 37.8 Å². The first-order valence-electron chi connectivity index (χ1n) is 7.76. The molecule has 3 rings (SSSR count). The van der Waals surface area contributed by atoms with Gasteiger partial charge < -0.3 is 5.32 Å². The third-order valence-corrected chi connectivity index (χ3v) is 5.59. The summed E-state index contributed by atoms with van der Waals surface area (Å²) in [7, 11) is 0. The quantitative estimate of drug-likeness (QED) is 0.705. The van der Waals surface area contributed by atoms with Crippen LogP contribution >= 0.6 is 48.0 Å². The Morgan fingerprint density at radius 1 is 1.09 bits per heavy atom. The lowest BCUT2D eigenvalue weighted by molar-refractivity contribution is 0.122. The summed E-state index contributed by atoms with van der Waals surface area (Å²) in [6.45, 7) is 3.76. The summed E-state index contributed by atoms with van der Waals surface area (Å²) in [5, 5.41) is 4.20. The first kappa shape index (κ1) is 21.3. The van der Waals surface area contributed by atoms with E-state index in [0.717, 1.165) is 39.0 Å². The van der Waals surface area contributed by atoms with E-state index in [2.05, 4.69) is 10.2 Å². The Bertz CT molecular complexity index is 503. The van der Waals surface area contributed by atoms with Crippen LogP contribution in [-0.4, -0.2) is 31.1 Å². The predicted molar refractivity (Wildman–Crippen MR) is 100 cm³/mol. The van der Waals surface area contributed by atoms with E-state index in [0.29, 0.717) is 21.5 Å². The number of piperazine rings is 1. The van der Waals surface area contributed by atoms with Crippen LogP contribution in [0.25, 0.3) is 0 Å². The Labute approximate surface area is 159 Å². The molecule has 1 aliphatic heterocycles. The summed E-state index contributed by atoms with van der Waals surface area (Å²) in [5.74, 6) is 0.258. The number of halogens is 5. The molecule has 1 heterocycles. The lowest BCUT2D eigenvalue weighted by Crippen LogP contribution is -2.47. The Morgan fingerprint density at radius 2 is 1.70 bits per heavy atom. The molecule has 0 radical (unpaired) electrons. The van der Waals surface area contributed by atoms with Crippen molar-refractivity contribution in [2.24, 2.45) is 5.92 Å². The van der Waals surface area contributed by atoms with Gasteiger partial charge in [0.1, 0.15) is 5.82 Å². The van der Waals surface area contributed by atoms with E-state index in [1.807, 2.05) is 0 Å². The minimum absolute atomic E-state index is 0. The topological polar surface area (TPSA) is 15.3 Å². The van der Waals surface area contributed by atoms with Crippen molar-refractivity contribution < 1.29 is 4.39 Å². The second-order valence-electron chi connectivity index (χ2n) is 6.03. The first-order chi connectivity index (χ1) is 10.2. The van der Waals surface area contributed by atoms with Crippen molar-refractivity contribution in [1.29, 1.82) is 0 Å². The standard InChI is InChI=1S/C16H21Cl2FN2.2ClH/c17-12-5-6-13(19)14(15(12)18)16(11-3-1-2-4-11)21-9-7-20-8-10-21;;/h5-6,11,16,20H,1-4,7-10H2;2*1H/t16-;;/m1../s1. The maximum atomic E-state index is 14.5. The molecule has 7 heteroatoms. The highest BCUT2D eigenvalue weighted by molar-refractivity contribution is 6.42. The molecule has 0 bridgehead atoms. The maximum Gasteiger partial charge on any atom is 0.129 e. The molecule has 2 aliphatic rings. The van der Waals surface area contributed by atoms with Gasteiger partial charge in [0.15, 0.2) is 0 Å². The van der Waals surface area contributed by atoms with Crippen molar-refractivity contribution in [3.05, 3.63) is 33.6 Å². The number of benzene rings is 1. The van der Waals surface area contributed by atoms with Crippen LogP contribution < -0.4 is 5.32 Å². The average Bonchev–Trinajstić information content (AvgIpc) is 3.02. The lowest BCUT2D eigenvalue weighted by atomic mass is 9.89. The Kier molecular flexibility index (Phi) is 8.92. The highest BCUT2D eigenvalue weighted by Gasteiger charge is 2.35. The average molecular weight is 404 g/mol. The number of rotatable bonds is 3. The second-order valence-corrected chi connectivity index (χ2v) is 6.82. The van der Waals surface area contributed by atoms with Gasteiger partial charge in [0.25, 0.3) is 0 Å². The maximum absolute atomic E-state index is 14.5. The monoisotopic (exact) mass is 402 g/mol. The normalized spacial score (nSPS) is 20.7. The van der Waals surface area contributed by atoms with Gasteiger partial charge in [-0.05, 0) is 30.9 Å². The molecule has 2 fully saturated rings. The van der Waals surface area contributed by atoms with Crippen molar-refractivity contribution in [2.45, 2.75) is 31.7 Å². The fraction of sp³-hybridized carbons (Fsp3) is 0.625. The molecular formula is C16H23Cl4FN2. The molecule has 1 N–H and O–H groups in total. The molecule has 23 heavy (non-hydrogen) atoms. The summed E-state index contributed by atoms with van der Waals surface area (Å²) in [6, 6.07) is 3.06. The smallest absolute Gasteiger partial charge is 0.129 e. The Morgan fingerprint density at radius 3 is 2.30 bits per heavy atom. The van der Waals surface area contributed by atoms with Gasteiger partial charge in [-0.15, -0.1) is 24.8 Å². The highest BCUT2D eigenvalue weighted by Crippen LogP contribution is 2.44. The zero-order valence-corrected chi connectivity index (χ0v) is 16.0. The minimum Gasteiger partial charge on any atom is -0.314 e. The van der Waals surface area contributed by atoms with Crippen LogP contribution in [0, 0.1) is 11.7 Å². The van der Waals surface area contributed by atoms with Crippen LogP contribution in [0.1, 0.15) is 37.3 Å². The zero-order valence-electron chi connectivity index (χ0n) is 12.9. The van der Waals surface area contributed by atoms with E-state index in [4.69, 9.17) is 23.2 Å². The molecule has 1 aliphatic carbocycles. The molecular weight excluding hydrogens is 381 g/mol. The molecule has 0 amide bonds. The van der Waals surface area contributed by atoms with Crippen LogP contribution in [0.2, 0.25) is 10.0 Å². The molecule has 0 aromatic heterocycles. The van der Waals surface area contributed by atoms with Crippen molar-refractivity contribution in [2.75, 3.05) is 26.2 Å². The molecule has 1 atom stereocenters. The van der Waals surface area contributed by atoms with Crippen LogP contribution in [0.15, 0.2) is 12.1 Å². The Balaban J connectivity index is 0.00000132. The van der Waals surface area contributed by atoms with Crippen molar-refractivity contribution in [3.63, 3.8) is 0 Å². The van der Waals surface area contributed by atoms with Crippen LogP contribution in [-0.2, 0) is 0 Å². The van der Waals surface area contributed by atoms with Gasteiger partial charge in [-0.2, -0.15) is 0 Å². The molecule has 1 aromatic rings. The molecule has 2 nitrogen and oxygen atoms in total. The summed E-state index contributed by atoms with van der Waals surface area (Å²) < 4.78 is 14.5. The minimum atomic E-state index is -0.222. The molecule has 1 saturated carbocycles. The van der Waals surface area contributed by atoms with E-state index in [1.165, 1.54) is 18.9 Å². The largest absolute Gasteiger partial charge is 0.314 e. The van der Waals surface area contributed by atoms with Gasteiger partial charge in [0.05, 0.1) is 10.0 Å². The van der Waals surface area contributed by atoms with Gasteiger partial charge in [-0.3, -0.25) is 4.90 Å². The van der Waals surface area contributed by atoms with Crippen molar-refractivity contribution in [1.82, 2.24) is 10.2 Å². The number of nitrogens with zero attached hydrogens (tertiary/aromatic N) is 1. The summed E-state index contributed by atoms with van der Waals surface area (Å²) in [6.07, 6.45) is 4.76. The molecule has 1 saturated heterocycles. The summed E-state index contributed by atoms with van der Waals surface area (Å²) >= 11 is 12.5. The van der Waals surface area contributed by atoms with E-state index in [9.17, 15) is 4.39 Å². The molecule has 1 aromatic carbocycles. The molecule has 0 unspecified atom stereocenters. The van der Waals surface area contributed by atoms with E-state index < -0.39 is 0 Å². The molecule has 132 valence electrons. The van der Waals surface area contributed by atoms with E-state index >= 15 is 0 Å². The first-order valence-corrected chi connectivity index (χ1v) is 8.52. The third-order valence-electron chi connectivity index (χ3n) is 4.77. The van der Waals surface area contributed by atoms with Gasteiger partial charge >= 0.3 is 0 Å². The lowest BCUT2D eigenvalue weighted by Gasteiger charge is -2.39. The fourth-order valence-corrected chi connectivity index (χ4v) is 4.19. The van der Waals surface area contributed by atoms with Crippen LogP contribution in [0.4, 0.5) is 4.39 Å². The van der Waals surface area contributed by atoms with E-state index in [-0.39, 0.29) is 36.7 Å². The summed E-state index contributed by atoms with van der Waals surface area (Å²) in [5.41, 5.74) is 0.609. The molecule has 0 spiro atoms. The zero-order chi connectivity index (χ0) is 14.8. The number of hydrogen-bond acceptors (Lipinski definition) is 2. The SMILES string of the molecule is Cl.Cl.Fc1ccc(Cl)c(Cl)c1[C@@H](C1CCCC1)N1CCNCC1. The van der Waals surface area contributed by atoms with Crippen molar-refractivity contribution >= 4 is 48.0 Å². The van der Waals surface area contributed by atoms with Gasteiger partial charge in [-0.25, -0.2) is 4.39 Å². The predicted octanol–water partition coefficient (Wildman–Crippen LogP) is 5.11. The van der Waals surface area contributed by atoms with Gasteiger partial charge in [0.2, 0.25) is 0 Å². The van der Waals surface area contributed by atoms with Crippen LogP contribution in [0.3, 0.4) is 0 Å².